The van der Waals surface area contributed by atoms with E-state index in [0.29, 0.717) is 12.0 Å². The Hall–Kier alpha value is -3.17. The average molecular weight is 386 g/mol. The Morgan fingerprint density at radius 1 is 0.966 bits per heavy atom. The molecular weight excluding hydrogens is 360 g/mol. The molecule has 0 saturated carbocycles. The highest BCUT2D eigenvalue weighted by Crippen LogP contribution is 2.32. The van der Waals surface area contributed by atoms with Gasteiger partial charge < -0.3 is 9.84 Å². The van der Waals surface area contributed by atoms with Crippen LogP contribution in [0.15, 0.2) is 78.9 Å². The van der Waals surface area contributed by atoms with Crippen LogP contribution in [-0.4, -0.2) is 17.7 Å². The Morgan fingerprint density at radius 3 is 2.34 bits per heavy atom. The van der Waals surface area contributed by atoms with Crippen molar-refractivity contribution in [1.82, 2.24) is 0 Å². The Balaban J connectivity index is 2.03. The summed E-state index contributed by atoms with van der Waals surface area (Å²) in [5.74, 6) is -0.393. The molecule has 0 bridgehead atoms. The molecule has 0 amide bonds. The van der Waals surface area contributed by atoms with E-state index in [1.54, 1.807) is 6.92 Å². The summed E-state index contributed by atoms with van der Waals surface area (Å²) in [7, 11) is 0. The second-order valence-electron chi connectivity index (χ2n) is 7.22. The fourth-order valence-corrected chi connectivity index (χ4v) is 3.37. The number of hydrogen-bond acceptors (Lipinski definition) is 3. The van der Waals surface area contributed by atoms with Gasteiger partial charge in [0.2, 0.25) is 0 Å². The third-order valence-corrected chi connectivity index (χ3v) is 4.90. The molecule has 0 spiro atoms. The SMILES string of the molecule is C=C(C)C(=O)OCc1cc(-c2ccccc2)ccc1-c1ccc(CCO)cc1C. The van der Waals surface area contributed by atoms with Crippen LogP contribution in [0.3, 0.4) is 0 Å². The molecule has 3 nitrogen and oxygen atoms in total. The molecule has 0 aliphatic heterocycles. The van der Waals surface area contributed by atoms with Gasteiger partial charge in [0, 0.05) is 12.2 Å². The predicted octanol–water partition coefficient (Wildman–Crippen LogP) is 5.48. The molecule has 0 aromatic heterocycles. The molecule has 3 heteroatoms. The maximum Gasteiger partial charge on any atom is 0.333 e. The Labute approximate surface area is 172 Å². The minimum Gasteiger partial charge on any atom is -0.457 e. The van der Waals surface area contributed by atoms with Crippen LogP contribution >= 0.6 is 0 Å². The largest absolute Gasteiger partial charge is 0.457 e. The highest BCUT2D eigenvalue weighted by atomic mass is 16.5. The van der Waals surface area contributed by atoms with Gasteiger partial charge in [-0.25, -0.2) is 4.79 Å². The van der Waals surface area contributed by atoms with Crippen molar-refractivity contribution in [2.24, 2.45) is 0 Å². The summed E-state index contributed by atoms with van der Waals surface area (Å²) in [4.78, 5) is 12.0. The molecule has 1 N–H and O–H groups in total. The molecule has 0 saturated heterocycles. The average Bonchev–Trinajstić information content (AvgIpc) is 2.73. The number of carbonyl (C=O) groups excluding carboxylic acids is 1. The summed E-state index contributed by atoms with van der Waals surface area (Å²) in [6.07, 6.45) is 0.636. The first kappa shape index (κ1) is 20.6. The number of benzene rings is 3. The van der Waals surface area contributed by atoms with Crippen molar-refractivity contribution in [3.8, 4) is 22.3 Å². The van der Waals surface area contributed by atoms with Gasteiger partial charge in [-0.2, -0.15) is 0 Å². The quantitative estimate of drug-likeness (QED) is 0.432. The summed E-state index contributed by atoms with van der Waals surface area (Å²) in [6.45, 7) is 7.68. The summed E-state index contributed by atoms with van der Waals surface area (Å²) in [5, 5.41) is 9.19. The summed E-state index contributed by atoms with van der Waals surface area (Å²) in [6, 6.07) is 22.6. The second kappa shape index (κ2) is 9.35. The molecule has 29 heavy (non-hydrogen) atoms. The van der Waals surface area contributed by atoms with Crippen LogP contribution in [-0.2, 0) is 22.6 Å². The Kier molecular flexibility index (Phi) is 6.63. The molecule has 0 aliphatic rings. The van der Waals surface area contributed by atoms with E-state index in [2.05, 4.69) is 56.0 Å². The predicted molar refractivity (Wildman–Crippen MR) is 117 cm³/mol. The van der Waals surface area contributed by atoms with Crippen LogP contribution in [0.5, 0.6) is 0 Å². The van der Waals surface area contributed by atoms with Gasteiger partial charge in [0.25, 0.3) is 0 Å². The van der Waals surface area contributed by atoms with Gasteiger partial charge in [-0.15, -0.1) is 0 Å². The number of ether oxygens (including phenoxy) is 1. The monoisotopic (exact) mass is 386 g/mol. The molecule has 0 unspecified atom stereocenters. The lowest BCUT2D eigenvalue weighted by Gasteiger charge is -2.15. The van der Waals surface area contributed by atoms with E-state index >= 15 is 0 Å². The Morgan fingerprint density at radius 2 is 1.69 bits per heavy atom. The molecule has 0 aliphatic carbocycles. The maximum absolute atomic E-state index is 12.0. The maximum atomic E-state index is 12.0. The van der Waals surface area contributed by atoms with Crippen LogP contribution in [0.4, 0.5) is 0 Å². The van der Waals surface area contributed by atoms with Gasteiger partial charge in [-0.1, -0.05) is 67.2 Å². The van der Waals surface area contributed by atoms with Gasteiger partial charge >= 0.3 is 5.97 Å². The smallest absolute Gasteiger partial charge is 0.333 e. The Bertz CT molecular complexity index is 1020. The van der Waals surface area contributed by atoms with E-state index < -0.39 is 5.97 Å². The lowest BCUT2D eigenvalue weighted by molar-refractivity contribution is -0.140. The van der Waals surface area contributed by atoms with Crippen LogP contribution in [0.1, 0.15) is 23.6 Å². The summed E-state index contributed by atoms with van der Waals surface area (Å²) >= 11 is 0. The fourth-order valence-electron chi connectivity index (χ4n) is 3.37. The topological polar surface area (TPSA) is 46.5 Å². The van der Waals surface area contributed by atoms with Crippen molar-refractivity contribution in [2.75, 3.05) is 6.61 Å². The van der Waals surface area contributed by atoms with Crippen LogP contribution in [0, 0.1) is 6.92 Å². The first-order valence-corrected chi connectivity index (χ1v) is 9.71. The number of esters is 1. The zero-order valence-electron chi connectivity index (χ0n) is 16.9. The molecule has 0 radical (unpaired) electrons. The molecule has 3 aromatic rings. The molecule has 0 fully saturated rings. The van der Waals surface area contributed by atoms with Gasteiger partial charge in [-0.05, 0) is 65.3 Å². The van der Waals surface area contributed by atoms with Crippen LogP contribution < -0.4 is 0 Å². The van der Waals surface area contributed by atoms with Crippen LogP contribution in [0.2, 0.25) is 0 Å². The zero-order valence-corrected chi connectivity index (χ0v) is 16.9. The van der Waals surface area contributed by atoms with Crippen molar-refractivity contribution in [3.05, 3.63) is 95.6 Å². The number of aliphatic hydroxyl groups excluding tert-OH is 1. The lowest BCUT2D eigenvalue weighted by Crippen LogP contribution is -2.06. The van der Waals surface area contributed by atoms with E-state index in [0.717, 1.165) is 38.9 Å². The van der Waals surface area contributed by atoms with Gasteiger partial charge in [0.15, 0.2) is 0 Å². The van der Waals surface area contributed by atoms with Crippen molar-refractivity contribution >= 4 is 5.97 Å². The minimum absolute atomic E-state index is 0.132. The van der Waals surface area contributed by atoms with E-state index in [1.807, 2.05) is 24.3 Å². The van der Waals surface area contributed by atoms with Crippen LogP contribution in [0.25, 0.3) is 22.3 Å². The van der Waals surface area contributed by atoms with Crippen molar-refractivity contribution in [1.29, 1.82) is 0 Å². The third-order valence-electron chi connectivity index (χ3n) is 4.90. The zero-order chi connectivity index (χ0) is 20.8. The second-order valence-corrected chi connectivity index (χ2v) is 7.22. The first-order valence-electron chi connectivity index (χ1n) is 9.71. The summed E-state index contributed by atoms with van der Waals surface area (Å²) < 4.78 is 5.47. The standard InChI is InChI=1S/C26H26O3/c1-18(2)26(28)29-17-23-16-22(21-7-5-4-6-8-21)10-12-25(23)24-11-9-20(13-14-27)15-19(24)3/h4-12,15-16,27H,1,13-14,17H2,2-3H3. The first-order chi connectivity index (χ1) is 14.0. The molecule has 148 valence electrons. The number of rotatable bonds is 7. The van der Waals surface area contributed by atoms with Crippen molar-refractivity contribution in [2.45, 2.75) is 26.9 Å². The van der Waals surface area contributed by atoms with Gasteiger partial charge in [0.1, 0.15) is 6.61 Å². The number of aliphatic hydroxyl groups is 1. The van der Waals surface area contributed by atoms with E-state index in [4.69, 9.17) is 4.74 Å². The third kappa shape index (κ3) is 5.01. The summed E-state index contributed by atoms with van der Waals surface area (Å²) in [5.41, 5.74) is 7.86. The highest BCUT2D eigenvalue weighted by Gasteiger charge is 2.13. The number of aryl methyl sites for hydroxylation is 1. The van der Waals surface area contributed by atoms with Gasteiger partial charge in [0.05, 0.1) is 0 Å². The van der Waals surface area contributed by atoms with E-state index in [-0.39, 0.29) is 13.2 Å². The molecular formula is C26H26O3. The molecule has 0 atom stereocenters. The lowest BCUT2D eigenvalue weighted by atomic mass is 9.92. The van der Waals surface area contributed by atoms with Crippen molar-refractivity contribution in [3.63, 3.8) is 0 Å². The minimum atomic E-state index is -0.393. The highest BCUT2D eigenvalue weighted by molar-refractivity contribution is 5.87. The normalized spacial score (nSPS) is 10.6. The number of hydrogen-bond donors (Lipinski definition) is 1. The van der Waals surface area contributed by atoms with Gasteiger partial charge in [-0.3, -0.25) is 0 Å². The number of carbonyl (C=O) groups is 1. The van der Waals surface area contributed by atoms with E-state index in [1.165, 1.54) is 0 Å². The molecule has 0 heterocycles. The molecule has 3 aromatic carbocycles. The molecule has 3 rings (SSSR count). The van der Waals surface area contributed by atoms with E-state index in [9.17, 15) is 9.90 Å². The fraction of sp³-hybridized carbons (Fsp3) is 0.192. The van der Waals surface area contributed by atoms with Crippen molar-refractivity contribution < 1.29 is 14.6 Å².